The van der Waals surface area contributed by atoms with E-state index < -0.39 is 0 Å². The Morgan fingerprint density at radius 2 is 1.52 bits per heavy atom. The zero-order valence-corrected chi connectivity index (χ0v) is 14.8. The van der Waals surface area contributed by atoms with Crippen LogP contribution in [-0.4, -0.2) is 19.6 Å². The molecule has 0 radical (unpaired) electrons. The normalized spacial score (nSPS) is 11.1. The van der Waals surface area contributed by atoms with Gasteiger partial charge in [0, 0.05) is 11.1 Å². The van der Waals surface area contributed by atoms with Gasteiger partial charge in [0.25, 0.3) is 5.78 Å². The molecule has 0 bridgehead atoms. The van der Waals surface area contributed by atoms with Crippen LogP contribution in [0.2, 0.25) is 0 Å². The first-order chi connectivity index (χ1) is 13.3. The molecule has 0 atom stereocenters. The van der Waals surface area contributed by atoms with Crippen molar-refractivity contribution in [2.75, 3.05) is 5.32 Å². The summed E-state index contributed by atoms with van der Waals surface area (Å²) >= 11 is 0. The van der Waals surface area contributed by atoms with Crippen molar-refractivity contribution < 1.29 is 0 Å². The number of fused-ring (bicyclic) bond motifs is 3. The van der Waals surface area contributed by atoms with Crippen LogP contribution in [0.15, 0.2) is 78.9 Å². The molecule has 0 amide bonds. The van der Waals surface area contributed by atoms with Crippen molar-refractivity contribution in [3.8, 4) is 11.1 Å². The third kappa shape index (κ3) is 2.69. The number of rotatable bonds is 3. The van der Waals surface area contributed by atoms with Gasteiger partial charge in [-0.2, -0.15) is 4.98 Å². The van der Waals surface area contributed by atoms with E-state index in [0.717, 1.165) is 33.8 Å². The molecule has 130 valence electrons. The van der Waals surface area contributed by atoms with Crippen molar-refractivity contribution in [3.05, 3.63) is 84.7 Å². The Hall–Kier alpha value is -3.73. The molecule has 5 nitrogen and oxygen atoms in total. The average molecular weight is 351 g/mol. The second-order valence-corrected chi connectivity index (χ2v) is 6.43. The fourth-order valence-corrected chi connectivity index (χ4v) is 3.35. The summed E-state index contributed by atoms with van der Waals surface area (Å²) in [5, 5.41) is 12.9. The highest BCUT2D eigenvalue weighted by atomic mass is 15.3. The van der Waals surface area contributed by atoms with E-state index in [4.69, 9.17) is 4.98 Å². The summed E-state index contributed by atoms with van der Waals surface area (Å²) in [6.07, 6.45) is 0. The molecule has 2 aromatic heterocycles. The molecule has 0 aliphatic carbocycles. The van der Waals surface area contributed by atoms with Crippen molar-refractivity contribution in [2.45, 2.75) is 6.92 Å². The molecule has 27 heavy (non-hydrogen) atoms. The van der Waals surface area contributed by atoms with Crippen molar-refractivity contribution in [1.29, 1.82) is 0 Å². The zero-order valence-electron chi connectivity index (χ0n) is 14.8. The van der Waals surface area contributed by atoms with E-state index in [1.165, 1.54) is 5.56 Å². The molecule has 0 unspecified atom stereocenters. The van der Waals surface area contributed by atoms with Crippen LogP contribution in [0.1, 0.15) is 5.82 Å². The lowest BCUT2D eigenvalue weighted by Gasteiger charge is -2.12. The molecule has 1 N–H and O–H groups in total. The van der Waals surface area contributed by atoms with Gasteiger partial charge in [-0.3, -0.25) is 4.40 Å². The molecule has 0 aliphatic rings. The van der Waals surface area contributed by atoms with Crippen molar-refractivity contribution in [2.24, 2.45) is 0 Å². The van der Waals surface area contributed by atoms with Crippen molar-refractivity contribution in [1.82, 2.24) is 19.6 Å². The maximum Gasteiger partial charge on any atom is 0.257 e. The van der Waals surface area contributed by atoms with Gasteiger partial charge in [0.2, 0.25) is 0 Å². The molecular weight excluding hydrogens is 334 g/mol. The highest BCUT2D eigenvalue weighted by Crippen LogP contribution is 2.30. The van der Waals surface area contributed by atoms with E-state index >= 15 is 0 Å². The largest absolute Gasteiger partial charge is 0.340 e. The van der Waals surface area contributed by atoms with E-state index in [1.807, 2.05) is 59.9 Å². The summed E-state index contributed by atoms with van der Waals surface area (Å²) < 4.78 is 2.00. The first-order valence-electron chi connectivity index (χ1n) is 8.82. The minimum Gasteiger partial charge on any atom is -0.340 e. The summed E-state index contributed by atoms with van der Waals surface area (Å²) in [6.45, 7) is 1.95. The molecule has 2 heterocycles. The molecule has 3 aromatic carbocycles. The van der Waals surface area contributed by atoms with Gasteiger partial charge in [-0.15, -0.1) is 10.2 Å². The minimum atomic E-state index is 0.587. The Morgan fingerprint density at radius 1 is 0.778 bits per heavy atom. The lowest BCUT2D eigenvalue weighted by atomic mass is 10.0. The Balaban J connectivity index is 1.76. The lowest BCUT2D eigenvalue weighted by Crippen LogP contribution is -2.01. The molecule has 0 saturated heterocycles. The van der Waals surface area contributed by atoms with Crippen LogP contribution in [0, 0.1) is 6.92 Å². The van der Waals surface area contributed by atoms with Crippen molar-refractivity contribution >= 4 is 28.2 Å². The molecule has 5 rings (SSSR count). The van der Waals surface area contributed by atoms with Gasteiger partial charge in [0.05, 0.1) is 5.52 Å². The van der Waals surface area contributed by atoms with Gasteiger partial charge in [0.15, 0.2) is 0 Å². The van der Waals surface area contributed by atoms with E-state index in [2.05, 4.69) is 45.8 Å². The van der Waals surface area contributed by atoms with Crippen LogP contribution in [0.3, 0.4) is 0 Å². The number of anilines is 2. The van der Waals surface area contributed by atoms with Crippen LogP contribution in [0.25, 0.3) is 27.8 Å². The molecular formula is C22H17N5. The van der Waals surface area contributed by atoms with Crippen LogP contribution in [0.4, 0.5) is 11.5 Å². The lowest BCUT2D eigenvalue weighted by molar-refractivity contribution is 1.02. The van der Waals surface area contributed by atoms with Crippen LogP contribution >= 0.6 is 0 Å². The average Bonchev–Trinajstić information content (AvgIpc) is 3.10. The second kappa shape index (κ2) is 6.21. The molecule has 0 saturated carbocycles. The number of hydrogen-bond acceptors (Lipinski definition) is 4. The van der Waals surface area contributed by atoms with E-state index in [9.17, 15) is 0 Å². The topological polar surface area (TPSA) is 55.1 Å². The standard InChI is InChI=1S/C22H17N5/c1-15-25-26-22-24-21(23-18-10-6-3-7-11-18)19-13-12-17(14-20(19)27(15)22)16-8-4-2-5-9-16/h2-14H,1H3,(H,23,24,26). The third-order valence-corrected chi connectivity index (χ3v) is 4.66. The fraction of sp³-hybridized carbons (Fsp3) is 0.0455. The molecule has 0 fully saturated rings. The van der Waals surface area contributed by atoms with Crippen molar-refractivity contribution in [3.63, 3.8) is 0 Å². The quantitative estimate of drug-likeness (QED) is 0.497. The summed E-state index contributed by atoms with van der Waals surface area (Å²) in [7, 11) is 0. The van der Waals surface area contributed by atoms with Crippen LogP contribution in [-0.2, 0) is 0 Å². The smallest absolute Gasteiger partial charge is 0.257 e. The monoisotopic (exact) mass is 351 g/mol. The van der Waals surface area contributed by atoms with Gasteiger partial charge in [-0.1, -0.05) is 54.6 Å². The fourth-order valence-electron chi connectivity index (χ4n) is 3.35. The minimum absolute atomic E-state index is 0.587. The van der Waals surface area contributed by atoms with Gasteiger partial charge >= 0.3 is 0 Å². The van der Waals surface area contributed by atoms with Crippen LogP contribution in [0.5, 0.6) is 0 Å². The van der Waals surface area contributed by atoms with Gasteiger partial charge in [-0.05, 0) is 42.3 Å². The van der Waals surface area contributed by atoms with Crippen LogP contribution < -0.4 is 5.32 Å². The summed E-state index contributed by atoms with van der Waals surface area (Å²) in [5.41, 5.74) is 4.34. The zero-order chi connectivity index (χ0) is 18.2. The summed E-state index contributed by atoms with van der Waals surface area (Å²) in [4.78, 5) is 4.70. The Morgan fingerprint density at radius 3 is 2.30 bits per heavy atom. The van der Waals surface area contributed by atoms with Gasteiger partial charge < -0.3 is 5.32 Å². The molecule has 5 aromatic rings. The number of aromatic nitrogens is 4. The first-order valence-corrected chi connectivity index (χ1v) is 8.82. The third-order valence-electron chi connectivity index (χ3n) is 4.66. The number of hydrogen-bond donors (Lipinski definition) is 1. The van der Waals surface area contributed by atoms with E-state index in [0.29, 0.717) is 5.78 Å². The van der Waals surface area contributed by atoms with Gasteiger partial charge in [-0.25, -0.2) is 0 Å². The molecule has 0 aliphatic heterocycles. The second-order valence-electron chi connectivity index (χ2n) is 6.43. The Bertz CT molecular complexity index is 1240. The maximum absolute atomic E-state index is 4.70. The Kier molecular flexibility index (Phi) is 3.57. The predicted molar refractivity (Wildman–Crippen MR) is 108 cm³/mol. The van der Waals surface area contributed by atoms with E-state index in [-0.39, 0.29) is 0 Å². The first kappa shape index (κ1) is 15.5. The predicted octanol–water partition coefficient (Wildman–Crippen LogP) is 5.00. The maximum atomic E-state index is 4.70. The Labute approximate surface area is 156 Å². The highest BCUT2D eigenvalue weighted by Gasteiger charge is 2.13. The highest BCUT2D eigenvalue weighted by molar-refractivity contribution is 5.95. The van der Waals surface area contributed by atoms with E-state index in [1.54, 1.807) is 0 Å². The molecule has 0 spiro atoms. The van der Waals surface area contributed by atoms with Gasteiger partial charge in [0.1, 0.15) is 11.6 Å². The number of benzene rings is 3. The number of aryl methyl sites for hydroxylation is 1. The summed E-state index contributed by atoms with van der Waals surface area (Å²) in [5.74, 6) is 2.18. The number of para-hydroxylation sites is 1. The number of nitrogens with one attached hydrogen (secondary N) is 1. The molecule has 5 heteroatoms. The SMILES string of the molecule is Cc1nnc2nc(Nc3ccccc3)c3ccc(-c4ccccc4)cc3n12. The summed E-state index contributed by atoms with van der Waals surface area (Å²) in [6, 6.07) is 26.8. The number of nitrogens with zero attached hydrogens (tertiary/aromatic N) is 4.